The zero-order valence-corrected chi connectivity index (χ0v) is 15.1. The quantitative estimate of drug-likeness (QED) is 0.529. The molecule has 0 fully saturated rings. The predicted octanol–water partition coefficient (Wildman–Crippen LogP) is 3.41. The van der Waals surface area contributed by atoms with Gasteiger partial charge in [0.1, 0.15) is 5.82 Å². The number of halogens is 1. The molecule has 0 aliphatic heterocycles. The van der Waals surface area contributed by atoms with E-state index >= 15 is 0 Å². The summed E-state index contributed by atoms with van der Waals surface area (Å²) in [6, 6.07) is 13.5. The van der Waals surface area contributed by atoms with Gasteiger partial charge in [-0.3, -0.25) is 4.79 Å². The molecule has 0 aliphatic rings. The first-order chi connectivity index (χ1) is 12.1. The van der Waals surface area contributed by atoms with Gasteiger partial charge in [-0.25, -0.2) is 4.98 Å². The van der Waals surface area contributed by atoms with Gasteiger partial charge in [0, 0.05) is 6.20 Å². The standard InChI is InChI=1S/C17H16ClN5OS/c1-12-21-22-17(23(12)10-13-6-3-2-4-7-13)25-11-15(24)20-14-8-5-9-19-16(14)18/h2-9H,10-11H2,1H3,(H,20,24). The fourth-order valence-corrected chi connectivity index (χ4v) is 3.16. The van der Waals surface area contributed by atoms with Gasteiger partial charge < -0.3 is 9.88 Å². The molecule has 6 nitrogen and oxygen atoms in total. The molecule has 2 aromatic heterocycles. The van der Waals surface area contributed by atoms with Gasteiger partial charge in [0.25, 0.3) is 0 Å². The number of pyridine rings is 1. The molecule has 1 aromatic carbocycles. The lowest BCUT2D eigenvalue weighted by atomic mass is 10.2. The van der Waals surface area contributed by atoms with Crippen molar-refractivity contribution < 1.29 is 4.79 Å². The Hall–Kier alpha value is -2.38. The second-order valence-electron chi connectivity index (χ2n) is 5.28. The van der Waals surface area contributed by atoms with Crippen LogP contribution in [0, 0.1) is 6.92 Å². The van der Waals surface area contributed by atoms with Gasteiger partial charge in [0.2, 0.25) is 5.91 Å². The van der Waals surface area contributed by atoms with Crippen LogP contribution < -0.4 is 5.32 Å². The van der Waals surface area contributed by atoms with E-state index in [-0.39, 0.29) is 16.8 Å². The first kappa shape index (κ1) is 17.4. The number of nitrogens with zero attached hydrogens (tertiary/aromatic N) is 4. The number of rotatable bonds is 6. The van der Waals surface area contributed by atoms with Crippen LogP contribution in [-0.2, 0) is 11.3 Å². The fourth-order valence-electron chi connectivity index (χ4n) is 2.21. The predicted molar refractivity (Wildman–Crippen MR) is 98.9 cm³/mol. The van der Waals surface area contributed by atoms with Crippen LogP contribution in [0.5, 0.6) is 0 Å². The summed E-state index contributed by atoms with van der Waals surface area (Å²) in [7, 11) is 0. The first-order valence-electron chi connectivity index (χ1n) is 7.60. The summed E-state index contributed by atoms with van der Waals surface area (Å²) in [6.45, 7) is 2.56. The molecule has 2 heterocycles. The largest absolute Gasteiger partial charge is 0.323 e. The van der Waals surface area contributed by atoms with E-state index in [1.165, 1.54) is 11.8 Å². The Labute approximate surface area is 154 Å². The van der Waals surface area contributed by atoms with Crippen molar-refractivity contribution >= 4 is 35.0 Å². The Bertz CT molecular complexity index is 868. The lowest BCUT2D eigenvalue weighted by Gasteiger charge is -2.09. The minimum Gasteiger partial charge on any atom is -0.323 e. The van der Waals surface area contributed by atoms with E-state index < -0.39 is 0 Å². The molecule has 3 aromatic rings. The number of hydrogen-bond donors (Lipinski definition) is 1. The molecule has 0 atom stereocenters. The fraction of sp³-hybridized carbons (Fsp3) is 0.176. The summed E-state index contributed by atoms with van der Waals surface area (Å²) in [5.74, 6) is 0.840. The van der Waals surface area contributed by atoms with E-state index in [4.69, 9.17) is 11.6 Å². The van der Waals surface area contributed by atoms with Crippen LogP contribution in [0.4, 0.5) is 5.69 Å². The van der Waals surface area contributed by atoms with E-state index in [2.05, 4.69) is 20.5 Å². The third-order valence-electron chi connectivity index (χ3n) is 3.45. The molecule has 1 N–H and O–H groups in total. The van der Waals surface area contributed by atoms with Crippen molar-refractivity contribution in [2.24, 2.45) is 0 Å². The van der Waals surface area contributed by atoms with Crippen LogP contribution in [-0.4, -0.2) is 31.4 Å². The Morgan fingerprint density at radius 3 is 2.76 bits per heavy atom. The third-order valence-corrected chi connectivity index (χ3v) is 4.72. The minimum atomic E-state index is -0.174. The highest BCUT2D eigenvalue weighted by Crippen LogP contribution is 2.21. The SMILES string of the molecule is Cc1nnc(SCC(=O)Nc2cccnc2Cl)n1Cc1ccccc1. The molecule has 0 spiro atoms. The van der Waals surface area contributed by atoms with Crippen LogP contribution >= 0.6 is 23.4 Å². The summed E-state index contributed by atoms with van der Waals surface area (Å²) in [5.41, 5.74) is 1.65. The topological polar surface area (TPSA) is 72.7 Å². The Balaban J connectivity index is 1.64. The lowest BCUT2D eigenvalue weighted by Crippen LogP contribution is -2.15. The maximum Gasteiger partial charge on any atom is 0.234 e. The van der Waals surface area contributed by atoms with E-state index in [1.54, 1.807) is 18.3 Å². The molecule has 3 rings (SSSR count). The van der Waals surface area contributed by atoms with E-state index in [0.29, 0.717) is 17.4 Å². The number of carbonyl (C=O) groups excluding carboxylic acids is 1. The normalized spacial score (nSPS) is 10.6. The number of amides is 1. The third kappa shape index (κ3) is 4.58. The number of thioether (sulfide) groups is 1. The molecule has 25 heavy (non-hydrogen) atoms. The monoisotopic (exact) mass is 373 g/mol. The number of benzene rings is 1. The molecule has 0 unspecified atom stereocenters. The van der Waals surface area contributed by atoms with E-state index in [1.807, 2.05) is 41.8 Å². The van der Waals surface area contributed by atoms with Gasteiger partial charge in [0.15, 0.2) is 10.3 Å². The molecule has 128 valence electrons. The number of aryl methyl sites for hydroxylation is 1. The van der Waals surface area contributed by atoms with Crippen molar-refractivity contribution in [3.8, 4) is 0 Å². The van der Waals surface area contributed by atoms with E-state index in [9.17, 15) is 4.79 Å². The number of aromatic nitrogens is 4. The summed E-state index contributed by atoms with van der Waals surface area (Å²) in [5, 5.41) is 12.0. The number of nitrogens with one attached hydrogen (secondary N) is 1. The number of anilines is 1. The summed E-state index contributed by atoms with van der Waals surface area (Å²) in [6.07, 6.45) is 1.57. The van der Waals surface area contributed by atoms with Crippen LogP contribution in [0.25, 0.3) is 0 Å². The summed E-state index contributed by atoms with van der Waals surface area (Å²) in [4.78, 5) is 16.1. The van der Waals surface area contributed by atoms with Gasteiger partial charge in [-0.2, -0.15) is 0 Å². The lowest BCUT2D eigenvalue weighted by molar-refractivity contribution is -0.113. The van der Waals surface area contributed by atoms with Gasteiger partial charge in [-0.05, 0) is 24.6 Å². The van der Waals surface area contributed by atoms with Crippen molar-refractivity contribution in [2.75, 3.05) is 11.1 Å². The molecule has 1 amide bonds. The zero-order valence-electron chi connectivity index (χ0n) is 13.5. The van der Waals surface area contributed by atoms with Gasteiger partial charge in [0.05, 0.1) is 18.0 Å². The van der Waals surface area contributed by atoms with Crippen molar-refractivity contribution in [3.05, 3.63) is 65.2 Å². The highest BCUT2D eigenvalue weighted by Gasteiger charge is 2.13. The van der Waals surface area contributed by atoms with Crippen molar-refractivity contribution in [2.45, 2.75) is 18.6 Å². The molecule has 8 heteroatoms. The molecule has 0 bridgehead atoms. The highest BCUT2D eigenvalue weighted by molar-refractivity contribution is 7.99. The van der Waals surface area contributed by atoms with Gasteiger partial charge >= 0.3 is 0 Å². The summed E-state index contributed by atoms with van der Waals surface area (Å²) < 4.78 is 1.99. The van der Waals surface area contributed by atoms with Crippen molar-refractivity contribution in [1.82, 2.24) is 19.7 Å². The maximum absolute atomic E-state index is 12.1. The van der Waals surface area contributed by atoms with E-state index in [0.717, 1.165) is 11.4 Å². The molecule has 0 aliphatic carbocycles. The molecular weight excluding hydrogens is 358 g/mol. The smallest absolute Gasteiger partial charge is 0.234 e. The number of hydrogen-bond acceptors (Lipinski definition) is 5. The first-order valence-corrected chi connectivity index (χ1v) is 8.97. The van der Waals surface area contributed by atoms with Gasteiger partial charge in [-0.15, -0.1) is 10.2 Å². The van der Waals surface area contributed by atoms with Crippen LogP contribution in [0.2, 0.25) is 5.15 Å². The second-order valence-corrected chi connectivity index (χ2v) is 6.58. The maximum atomic E-state index is 12.1. The van der Waals surface area contributed by atoms with Crippen molar-refractivity contribution in [3.63, 3.8) is 0 Å². The van der Waals surface area contributed by atoms with Crippen LogP contribution in [0.15, 0.2) is 53.8 Å². The highest BCUT2D eigenvalue weighted by atomic mass is 35.5. The Morgan fingerprint density at radius 1 is 1.20 bits per heavy atom. The zero-order chi connectivity index (χ0) is 17.6. The minimum absolute atomic E-state index is 0.174. The van der Waals surface area contributed by atoms with Gasteiger partial charge in [-0.1, -0.05) is 53.7 Å². The van der Waals surface area contributed by atoms with Crippen molar-refractivity contribution in [1.29, 1.82) is 0 Å². The average molecular weight is 374 g/mol. The number of carbonyl (C=O) groups is 1. The summed E-state index contributed by atoms with van der Waals surface area (Å²) >= 11 is 7.28. The van der Waals surface area contributed by atoms with Crippen LogP contribution in [0.1, 0.15) is 11.4 Å². The van der Waals surface area contributed by atoms with Crippen LogP contribution in [0.3, 0.4) is 0 Å². The molecule has 0 saturated carbocycles. The molecule has 0 radical (unpaired) electrons. The second kappa shape index (κ2) is 8.13. The Morgan fingerprint density at radius 2 is 2.00 bits per heavy atom. The molecular formula is C17H16ClN5OS. The average Bonchev–Trinajstić information content (AvgIpc) is 2.96. The Kier molecular flexibility index (Phi) is 5.67. The molecule has 0 saturated heterocycles.